The first-order valence-corrected chi connectivity index (χ1v) is 9.49. The molecule has 0 unspecified atom stereocenters. The molecule has 138 valence electrons. The maximum Gasteiger partial charge on any atom is 0.251 e. The van der Waals surface area contributed by atoms with Crippen molar-refractivity contribution in [3.63, 3.8) is 0 Å². The maximum absolute atomic E-state index is 13.1. The Labute approximate surface area is 158 Å². The molecule has 2 aromatic rings. The molecule has 1 aliphatic rings. The zero-order chi connectivity index (χ0) is 18.6. The number of hydrogen-bond acceptors (Lipinski definition) is 3. The largest absolute Gasteiger partial charge is 0.355 e. The summed E-state index contributed by atoms with van der Waals surface area (Å²) in [5.74, 6) is 0.647. The maximum atomic E-state index is 13.1. The Hall–Kier alpha value is -2.14. The third-order valence-corrected chi connectivity index (χ3v) is 5.36. The van der Waals surface area contributed by atoms with Gasteiger partial charge >= 0.3 is 0 Å². The van der Waals surface area contributed by atoms with Crippen LogP contribution in [-0.2, 0) is 16.6 Å². The molecule has 0 spiro atoms. The molecular formula is C20H24ClN3O2. The van der Waals surface area contributed by atoms with Crippen molar-refractivity contribution in [3.8, 4) is 0 Å². The summed E-state index contributed by atoms with van der Waals surface area (Å²) in [4.78, 5) is 31.6. The molecule has 1 fully saturated rings. The minimum atomic E-state index is -0.490. The summed E-state index contributed by atoms with van der Waals surface area (Å²) in [5, 5.41) is 3.74. The van der Waals surface area contributed by atoms with Crippen LogP contribution >= 0.6 is 11.6 Å². The fourth-order valence-corrected chi connectivity index (χ4v) is 3.92. The Bertz CT molecular complexity index is 824. The van der Waals surface area contributed by atoms with Gasteiger partial charge in [0.2, 0.25) is 5.91 Å². The average Bonchev–Trinajstić information content (AvgIpc) is 2.62. The van der Waals surface area contributed by atoms with E-state index < -0.39 is 5.41 Å². The van der Waals surface area contributed by atoms with Gasteiger partial charge in [0.1, 0.15) is 5.82 Å². The van der Waals surface area contributed by atoms with Gasteiger partial charge in [-0.05, 0) is 37.5 Å². The van der Waals surface area contributed by atoms with Crippen LogP contribution in [0.3, 0.4) is 0 Å². The summed E-state index contributed by atoms with van der Waals surface area (Å²) < 4.78 is 0. The molecule has 1 amide bonds. The van der Waals surface area contributed by atoms with Crippen molar-refractivity contribution < 1.29 is 4.79 Å². The molecule has 1 saturated carbocycles. The lowest BCUT2D eigenvalue weighted by Crippen LogP contribution is -2.46. The minimum absolute atomic E-state index is 0.0505. The van der Waals surface area contributed by atoms with Crippen molar-refractivity contribution in [2.45, 2.75) is 50.9 Å². The van der Waals surface area contributed by atoms with E-state index in [9.17, 15) is 9.59 Å². The Morgan fingerprint density at radius 1 is 1.23 bits per heavy atom. The number of amides is 1. The highest BCUT2D eigenvalue weighted by Crippen LogP contribution is 2.40. The Morgan fingerprint density at radius 3 is 2.58 bits per heavy atom. The van der Waals surface area contributed by atoms with Gasteiger partial charge in [-0.2, -0.15) is 0 Å². The number of aryl methyl sites for hydroxylation is 1. The van der Waals surface area contributed by atoms with Crippen molar-refractivity contribution in [1.29, 1.82) is 0 Å². The van der Waals surface area contributed by atoms with Gasteiger partial charge in [-0.25, -0.2) is 4.98 Å². The SMILES string of the molecule is Cc1cc(=O)[nH]c(CCNC(=O)C2(c3ccc(Cl)cc3)CCCCC2)n1. The van der Waals surface area contributed by atoms with E-state index in [2.05, 4.69) is 15.3 Å². The molecular weight excluding hydrogens is 350 g/mol. The number of aromatic amines is 1. The Balaban J connectivity index is 1.72. The predicted molar refractivity (Wildman–Crippen MR) is 103 cm³/mol. The predicted octanol–water partition coefficient (Wildman–Crippen LogP) is 3.29. The zero-order valence-corrected chi connectivity index (χ0v) is 15.7. The van der Waals surface area contributed by atoms with Crippen LogP contribution in [0.4, 0.5) is 0 Å². The first kappa shape index (κ1) is 18.6. The number of aromatic nitrogens is 2. The summed E-state index contributed by atoms with van der Waals surface area (Å²) in [6.45, 7) is 2.23. The monoisotopic (exact) mass is 373 g/mol. The smallest absolute Gasteiger partial charge is 0.251 e. The van der Waals surface area contributed by atoms with Crippen molar-refractivity contribution in [3.05, 3.63) is 62.8 Å². The van der Waals surface area contributed by atoms with Crippen molar-refractivity contribution >= 4 is 17.5 Å². The first-order valence-electron chi connectivity index (χ1n) is 9.11. The summed E-state index contributed by atoms with van der Waals surface area (Å²) in [6.07, 6.45) is 5.45. The molecule has 1 aromatic heterocycles. The number of H-pyrrole nitrogens is 1. The number of halogens is 1. The second-order valence-corrected chi connectivity index (χ2v) is 7.43. The number of benzene rings is 1. The van der Waals surface area contributed by atoms with Gasteiger partial charge in [0.25, 0.3) is 5.56 Å². The molecule has 0 bridgehead atoms. The van der Waals surface area contributed by atoms with Crippen LogP contribution < -0.4 is 10.9 Å². The highest BCUT2D eigenvalue weighted by molar-refractivity contribution is 6.30. The molecule has 0 radical (unpaired) electrons. The van der Waals surface area contributed by atoms with Crippen molar-refractivity contribution in [1.82, 2.24) is 15.3 Å². The topological polar surface area (TPSA) is 74.8 Å². The van der Waals surface area contributed by atoms with E-state index in [0.29, 0.717) is 29.5 Å². The van der Waals surface area contributed by atoms with Gasteiger partial charge in [-0.1, -0.05) is 43.0 Å². The Morgan fingerprint density at radius 2 is 1.92 bits per heavy atom. The third-order valence-electron chi connectivity index (χ3n) is 5.10. The van der Waals surface area contributed by atoms with Crippen LogP contribution in [0.5, 0.6) is 0 Å². The second-order valence-electron chi connectivity index (χ2n) is 6.99. The molecule has 6 heteroatoms. The number of nitrogens with zero attached hydrogens (tertiary/aromatic N) is 1. The standard InChI is InChI=1S/C20H24ClN3O2/c1-14-13-18(25)24-17(23-14)9-12-22-19(26)20(10-3-2-4-11-20)15-5-7-16(21)8-6-15/h5-8,13H,2-4,9-12H2,1H3,(H,22,26)(H,23,24,25). The number of carbonyl (C=O) groups is 1. The van der Waals surface area contributed by atoms with Gasteiger partial charge < -0.3 is 10.3 Å². The molecule has 2 N–H and O–H groups in total. The van der Waals surface area contributed by atoms with E-state index in [0.717, 1.165) is 37.7 Å². The quantitative estimate of drug-likeness (QED) is 0.844. The van der Waals surface area contributed by atoms with E-state index in [4.69, 9.17) is 11.6 Å². The lowest BCUT2D eigenvalue weighted by Gasteiger charge is -2.36. The molecule has 5 nitrogen and oxygen atoms in total. The van der Waals surface area contributed by atoms with Crippen molar-refractivity contribution in [2.24, 2.45) is 0 Å². The molecule has 0 atom stereocenters. The van der Waals surface area contributed by atoms with E-state index >= 15 is 0 Å². The normalized spacial score (nSPS) is 16.2. The molecule has 3 rings (SSSR count). The van der Waals surface area contributed by atoms with Crippen LogP contribution in [0.15, 0.2) is 35.1 Å². The number of hydrogen-bond donors (Lipinski definition) is 2. The number of carbonyl (C=O) groups excluding carboxylic acids is 1. The summed E-state index contributed by atoms with van der Waals surface area (Å²) >= 11 is 6.02. The molecule has 0 aliphatic heterocycles. The summed E-state index contributed by atoms with van der Waals surface area (Å²) in [7, 11) is 0. The third kappa shape index (κ3) is 4.15. The average molecular weight is 374 g/mol. The van der Waals surface area contributed by atoms with Crippen LogP contribution in [0.25, 0.3) is 0 Å². The van der Waals surface area contributed by atoms with E-state index in [1.807, 2.05) is 24.3 Å². The minimum Gasteiger partial charge on any atom is -0.355 e. The van der Waals surface area contributed by atoms with Crippen LogP contribution in [-0.4, -0.2) is 22.4 Å². The first-order chi connectivity index (χ1) is 12.5. The van der Waals surface area contributed by atoms with Crippen LogP contribution in [0.1, 0.15) is 49.2 Å². The molecule has 1 heterocycles. The van der Waals surface area contributed by atoms with Gasteiger partial charge in [0.15, 0.2) is 0 Å². The fourth-order valence-electron chi connectivity index (χ4n) is 3.79. The van der Waals surface area contributed by atoms with E-state index in [1.165, 1.54) is 6.07 Å². The molecule has 1 aliphatic carbocycles. The van der Waals surface area contributed by atoms with Gasteiger partial charge in [-0.15, -0.1) is 0 Å². The van der Waals surface area contributed by atoms with Gasteiger partial charge in [0.05, 0.1) is 5.41 Å². The molecule has 0 saturated heterocycles. The number of nitrogens with one attached hydrogen (secondary N) is 2. The summed E-state index contributed by atoms with van der Waals surface area (Å²) in [6, 6.07) is 9.09. The Kier molecular flexibility index (Phi) is 5.77. The highest BCUT2D eigenvalue weighted by Gasteiger charge is 2.40. The zero-order valence-electron chi connectivity index (χ0n) is 15.0. The lowest BCUT2D eigenvalue weighted by atomic mass is 9.68. The molecule has 26 heavy (non-hydrogen) atoms. The van der Waals surface area contributed by atoms with Crippen molar-refractivity contribution in [2.75, 3.05) is 6.54 Å². The van der Waals surface area contributed by atoms with Crippen LogP contribution in [0, 0.1) is 6.92 Å². The fraction of sp³-hybridized carbons (Fsp3) is 0.450. The second kappa shape index (κ2) is 8.04. The molecule has 1 aromatic carbocycles. The van der Waals surface area contributed by atoms with E-state index in [-0.39, 0.29) is 11.5 Å². The lowest BCUT2D eigenvalue weighted by molar-refractivity contribution is -0.128. The van der Waals surface area contributed by atoms with Gasteiger partial charge in [-0.3, -0.25) is 9.59 Å². The van der Waals surface area contributed by atoms with Gasteiger partial charge in [0, 0.05) is 29.7 Å². The highest BCUT2D eigenvalue weighted by atomic mass is 35.5. The summed E-state index contributed by atoms with van der Waals surface area (Å²) in [5.41, 5.74) is 1.06. The van der Waals surface area contributed by atoms with Crippen LogP contribution in [0.2, 0.25) is 5.02 Å². The number of rotatable bonds is 5. The van der Waals surface area contributed by atoms with E-state index in [1.54, 1.807) is 6.92 Å².